The molecular formula is C13H23BN2. The molecule has 0 aromatic rings. The van der Waals surface area contributed by atoms with Gasteiger partial charge >= 0.3 is 0 Å². The minimum absolute atomic E-state index is 0.807. The van der Waals surface area contributed by atoms with Gasteiger partial charge in [-0.15, -0.1) is 6.08 Å². The minimum atomic E-state index is 0.807. The molecule has 0 spiro atoms. The Labute approximate surface area is 102 Å². The van der Waals surface area contributed by atoms with Gasteiger partial charge in [-0.3, -0.25) is 0 Å². The molecule has 0 saturated heterocycles. The van der Waals surface area contributed by atoms with Crippen molar-refractivity contribution in [2.45, 2.75) is 20.3 Å². The largest absolute Gasteiger partial charge is 0.321 e. The third-order valence-corrected chi connectivity index (χ3v) is 2.48. The van der Waals surface area contributed by atoms with E-state index in [1.165, 1.54) is 0 Å². The summed E-state index contributed by atoms with van der Waals surface area (Å²) in [5, 5.41) is 0. The van der Waals surface area contributed by atoms with Gasteiger partial charge in [0.05, 0.1) is 7.85 Å². The smallest absolute Gasteiger partial charge is 0.122 e. The zero-order chi connectivity index (χ0) is 12.4. The van der Waals surface area contributed by atoms with Crippen LogP contribution in [0.15, 0.2) is 23.7 Å². The summed E-state index contributed by atoms with van der Waals surface area (Å²) < 4.78 is 1.98. The van der Waals surface area contributed by atoms with E-state index in [1.807, 2.05) is 23.8 Å². The van der Waals surface area contributed by atoms with Gasteiger partial charge in [0, 0.05) is 12.8 Å². The maximum Gasteiger partial charge on any atom is 0.122 e. The number of nitrogens with zero attached hydrogens (tertiary/aromatic N) is 2. The summed E-state index contributed by atoms with van der Waals surface area (Å²) in [5.41, 5.74) is 0.807. The molecule has 0 saturated carbocycles. The molecule has 0 aliphatic rings. The Balaban J connectivity index is 3.96. The molecule has 2 nitrogen and oxygen atoms in total. The molecule has 0 heterocycles. The van der Waals surface area contributed by atoms with Gasteiger partial charge in [0.1, 0.15) is 13.6 Å². The zero-order valence-corrected chi connectivity index (χ0v) is 11.0. The van der Waals surface area contributed by atoms with E-state index in [1.54, 1.807) is 0 Å². The van der Waals surface area contributed by atoms with E-state index in [-0.39, 0.29) is 0 Å². The Morgan fingerprint density at radius 3 is 2.69 bits per heavy atom. The van der Waals surface area contributed by atoms with Gasteiger partial charge in [0.2, 0.25) is 0 Å². The van der Waals surface area contributed by atoms with Crippen LogP contribution in [0.1, 0.15) is 20.3 Å². The highest BCUT2D eigenvalue weighted by Gasteiger charge is 1.89. The van der Waals surface area contributed by atoms with Gasteiger partial charge < -0.3 is 9.48 Å². The third-order valence-electron chi connectivity index (χ3n) is 2.48. The first-order valence-corrected chi connectivity index (χ1v) is 5.88. The van der Waals surface area contributed by atoms with Crippen LogP contribution in [-0.2, 0) is 0 Å². The Kier molecular flexibility index (Phi) is 8.92. The molecule has 0 amide bonds. The van der Waals surface area contributed by atoms with Crippen LogP contribution in [-0.4, -0.2) is 57.3 Å². The van der Waals surface area contributed by atoms with Crippen molar-refractivity contribution >= 4 is 14.1 Å². The molecule has 0 atom stereocenters. The Morgan fingerprint density at radius 2 is 2.12 bits per heavy atom. The molecule has 3 heteroatoms. The van der Waals surface area contributed by atoms with E-state index < -0.39 is 0 Å². The van der Waals surface area contributed by atoms with Crippen LogP contribution in [0.3, 0.4) is 0 Å². The molecule has 0 aliphatic carbocycles. The van der Waals surface area contributed by atoms with Gasteiger partial charge in [-0.2, -0.15) is 11.5 Å². The lowest BCUT2D eigenvalue weighted by Gasteiger charge is -2.11. The van der Waals surface area contributed by atoms with Crippen molar-refractivity contribution in [1.29, 1.82) is 0 Å². The highest BCUT2D eigenvalue weighted by atomic mass is 15.1. The average molecular weight is 218 g/mol. The van der Waals surface area contributed by atoms with Crippen LogP contribution in [0.5, 0.6) is 0 Å². The summed E-state index contributed by atoms with van der Waals surface area (Å²) in [6.45, 7) is 7.31. The van der Waals surface area contributed by atoms with Crippen molar-refractivity contribution in [3.63, 3.8) is 0 Å². The lowest BCUT2D eigenvalue weighted by Crippen LogP contribution is -2.18. The number of hydrogen-bond acceptors (Lipinski definition) is 1. The fraction of sp³-hybridized carbons (Fsp3) is 0.615. The number of allylic oxidation sites excluding steroid dienone is 3. The maximum atomic E-state index is 5.83. The van der Waals surface area contributed by atoms with Gasteiger partial charge in [-0.05, 0) is 26.9 Å². The third kappa shape index (κ3) is 8.48. The fourth-order valence-corrected chi connectivity index (χ4v) is 1.03. The molecule has 0 aromatic heterocycles. The lowest BCUT2D eigenvalue weighted by molar-refractivity contribution is -0.487. The van der Waals surface area contributed by atoms with Crippen molar-refractivity contribution < 1.29 is 4.58 Å². The number of rotatable bonds is 7. The first kappa shape index (κ1) is 15.2. The summed E-state index contributed by atoms with van der Waals surface area (Å²) >= 11 is 0. The summed E-state index contributed by atoms with van der Waals surface area (Å²) in [6, 6.07) is 0. The second kappa shape index (κ2) is 9.40. The van der Waals surface area contributed by atoms with Crippen molar-refractivity contribution in [3.05, 3.63) is 23.7 Å². The molecule has 0 rings (SSSR count). The second-order valence-electron chi connectivity index (χ2n) is 3.87. The standard InChI is InChI=1S/C13H23BN2/c1-5-15(3)11-7-9-13(14)10-8-12-16(4)6-2/h7,9-10H,5-6,8,12H2,1-4H3/b9-7?,13-10-. The quantitative estimate of drug-likeness (QED) is 0.206. The van der Waals surface area contributed by atoms with Gasteiger partial charge in [0.15, 0.2) is 0 Å². The van der Waals surface area contributed by atoms with E-state index in [0.717, 1.165) is 31.5 Å². The predicted molar refractivity (Wildman–Crippen MR) is 72.5 cm³/mol. The monoisotopic (exact) mass is 218 g/mol. The van der Waals surface area contributed by atoms with Crippen molar-refractivity contribution in [3.8, 4) is 0 Å². The normalized spacial score (nSPS) is 14.1. The maximum absolute atomic E-state index is 5.83. The first-order valence-electron chi connectivity index (χ1n) is 5.88. The molecule has 0 bridgehead atoms. The van der Waals surface area contributed by atoms with Crippen molar-refractivity contribution in [1.82, 2.24) is 4.90 Å². The highest BCUT2D eigenvalue weighted by molar-refractivity contribution is 6.23. The van der Waals surface area contributed by atoms with E-state index >= 15 is 0 Å². The van der Waals surface area contributed by atoms with Crippen LogP contribution >= 0.6 is 0 Å². The summed E-state index contributed by atoms with van der Waals surface area (Å²) in [5.74, 6) is 0. The molecule has 0 N–H and O–H groups in total. The SMILES string of the molecule is [B]/C(C=C[C-]=[N+](C)CC)=C\CCN(C)CC. The summed E-state index contributed by atoms with van der Waals surface area (Å²) in [6.07, 6.45) is 9.88. The first-order chi connectivity index (χ1) is 7.60. The van der Waals surface area contributed by atoms with E-state index in [2.05, 4.69) is 38.1 Å². The van der Waals surface area contributed by atoms with E-state index in [9.17, 15) is 0 Å². The van der Waals surface area contributed by atoms with Crippen LogP contribution in [0.2, 0.25) is 0 Å². The van der Waals surface area contributed by atoms with Crippen LogP contribution in [0, 0.1) is 0 Å². The lowest BCUT2D eigenvalue weighted by atomic mass is 9.94. The average Bonchev–Trinajstić information content (AvgIpc) is 2.28. The molecular weight excluding hydrogens is 195 g/mol. The number of hydrogen-bond donors (Lipinski definition) is 0. The highest BCUT2D eigenvalue weighted by Crippen LogP contribution is 1.95. The summed E-state index contributed by atoms with van der Waals surface area (Å²) in [4.78, 5) is 2.26. The fourth-order valence-electron chi connectivity index (χ4n) is 1.03. The summed E-state index contributed by atoms with van der Waals surface area (Å²) in [7, 11) is 9.92. The molecule has 16 heavy (non-hydrogen) atoms. The van der Waals surface area contributed by atoms with Crippen LogP contribution < -0.4 is 0 Å². The van der Waals surface area contributed by atoms with E-state index in [4.69, 9.17) is 7.85 Å². The molecule has 0 fully saturated rings. The van der Waals surface area contributed by atoms with Crippen LogP contribution in [0.25, 0.3) is 0 Å². The van der Waals surface area contributed by atoms with Crippen molar-refractivity contribution in [2.75, 3.05) is 33.7 Å². The minimum Gasteiger partial charge on any atom is -0.321 e. The Hall–Kier alpha value is -0.825. The van der Waals surface area contributed by atoms with Crippen LogP contribution in [0.4, 0.5) is 0 Å². The Bertz CT molecular complexity index is 267. The van der Waals surface area contributed by atoms with Crippen molar-refractivity contribution in [2.24, 2.45) is 0 Å². The van der Waals surface area contributed by atoms with Gasteiger partial charge in [-0.1, -0.05) is 6.92 Å². The zero-order valence-electron chi connectivity index (χ0n) is 11.0. The van der Waals surface area contributed by atoms with Gasteiger partial charge in [0.25, 0.3) is 0 Å². The molecule has 0 unspecified atom stereocenters. The molecule has 0 aromatic carbocycles. The van der Waals surface area contributed by atoms with E-state index in [0.29, 0.717) is 0 Å². The topological polar surface area (TPSA) is 6.25 Å². The molecule has 2 radical (unpaired) electrons. The van der Waals surface area contributed by atoms with Gasteiger partial charge in [-0.25, -0.2) is 6.08 Å². The molecule has 0 aliphatic heterocycles. The second-order valence-corrected chi connectivity index (χ2v) is 3.87. The predicted octanol–water partition coefficient (Wildman–Crippen LogP) is 1.55. The molecule has 88 valence electrons. The Morgan fingerprint density at radius 1 is 1.44 bits per heavy atom.